The number of benzene rings is 1. The van der Waals surface area contributed by atoms with Gasteiger partial charge in [0.05, 0.1) is 6.61 Å². The second-order valence-corrected chi connectivity index (χ2v) is 6.97. The fraction of sp³-hybridized carbons (Fsp3) is 0.667. The van der Waals surface area contributed by atoms with Crippen LogP contribution in [0, 0.1) is 5.92 Å². The second-order valence-electron chi connectivity index (χ2n) is 6.97. The first-order chi connectivity index (χ1) is 9.05. The summed E-state index contributed by atoms with van der Waals surface area (Å²) in [4.78, 5) is 0. The molecular weight excluding hydrogens is 232 g/mol. The standard InChI is InChI=1S/C18H28O/c1-18(2,3)17-11-9-16(10-12-17)14-19-13-15-7-5-4-6-8-15/h9-12,15H,4-8,13-14H2,1-3H3. The maximum atomic E-state index is 5.88. The highest BCUT2D eigenvalue weighted by Gasteiger charge is 2.14. The third-order valence-corrected chi connectivity index (χ3v) is 4.17. The molecule has 0 heterocycles. The molecule has 1 aliphatic carbocycles. The lowest BCUT2D eigenvalue weighted by Gasteiger charge is -2.21. The van der Waals surface area contributed by atoms with Gasteiger partial charge in [0.2, 0.25) is 0 Å². The predicted octanol–water partition coefficient (Wildman–Crippen LogP) is 5.08. The molecule has 0 radical (unpaired) electrons. The Morgan fingerprint density at radius 1 is 1.00 bits per heavy atom. The molecule has 0 spiro atoms. The Bertz CT molecular complexity index is 366. The molecule has 0 bridgehead atoms. The van der Waals surface area contributed by atoms with Crippen molar-refractivity contribution >= 4 is 0 Å². The zero-order chi connectivity index (χ0) is 13.7. The molecule has 0 saturated heterocycles. The normalized spacial score (nSPS) is 17.6. The van der Waals surface area contributed by atoms with E-state index in [1.807, 2.05) is 0 Å². The second kappa shape index (κ2) is 6.56. The van der Waals surface area contributed by atoms with Gasteiger partial charge < -0.3 is 4.74 Å². The lowest BCUT2D eigenvalue weighted by atomic mass is 9.87. The third-order valence-electron chi connectivity index (χ3n) is 4.17. The highest BCUT2D eigenvalue weighted by molar-refractivity contribution is 5.27. The Kier molecular flexibility index (Phi) is 5.04. The fourth-order valence-corrected chi connectivity index (χ4v) is 2.80. The van der Waals surface area contributed by atoms with Crippen molar-refractivity contribution in [2.24, 2.45) is 5.92 Å². The van der Waals surface area contributed by atoms with Crippen LogP contribution in [-0.2, 0) is 16.8 Å². The Balaban J connectivity index is 1.76. The summed E-state index contributed by atoms with van der Waals surface area (Å²) < 4.78 is 5.88. The maximum Gasteiger partial charge on any atom is 0.0717 e. The van der Waals surface area contributed by atoms with Gasteiger partial charge in [-0.3, -0.25) is 0 Å². The summed E-state index contributed by atoms with van der Waals surface area (Å²) in [6, 6.07) is 8.89. The summed E-state index contributed by atoms with van der Waals surface area (Å²) in [7, 11) is 0. The fourth-order valence-electron chi connectivity index (χ4n) is 2.80. The van der Waals surface area contributed by atoms with Crippen molar-refractivity contribution in [1.29, 1.82) is 0 Å². The minimum absolute atomic E-state index is 0.238. The van der Waals surface area contributed by atoms with Crippen LogP contribution in [0.4, 0.5) is 0 Å². The minimum Gasteiger partial charge on any atom is -0.376 e. The SMILES string of the molecule is CC(C)(C)c1ccc(COCC2CCCCC2)cc1. The van der Waals surface area contributed by atoms with E-state index in [1.165, 1.54) is 43.2 Å². The van der Waals surface area contributed by atoms with E-state index in [1.54, 1.807) is 0 Å². The van der Waals surface area contributed by atoms with Crippen LogP contribution in [0.15, 0.2) is 24.3 Å². The van der Waals surface area contributed by atoms with E-state index >= 15 is 0 Å². The monoisotopic (exact) mass is 260 g/mol. The molecule has 0 aromatic heterocycles. The van der Waals surface area contributed by atoms with Crippen LogP contribution in [0.2, 0.25) is 0 Å². The molecule has 1 fully saturated rings. The minimum atomic E-state index is 0.238. The van der Waals surface area contributed by atoms with Crippen molar-refractivity contribution in [3.63, 3.8) is 0 Å². The molecule has 0 N–H and O–H groups in total. The quantitative estimate of drug-likeness (QED) is 0.733. The average Bonchev–Trinajstić information content (AvgIpc) is 2.39. The molecule has 19 heavy (non-hydrogen) atoms. The van der Waals surface area contributed by atoms with Crippen LogP contribution in [0.5, 0.6) is 0 Å². The largest absolute Gasteiger partial charge is 0.376 e. The molecular formula is C18H28O. The topological polar surface area (TPSA) is 9.23 Å². The van der Waals surface area contributed by atoms with Crippen LogP contribution >= 0.6 is 0 Å². The van der Waals surface area contributed by atoms with Crippen molar-refractivity contribution in [3.8, 4) is 0 Å². The van der Waals surface area contributed by atoms with Crippen LogP contribution in [-0.4, -0.2) is 6.61 Å². The zero-order valence-corrected chi connectivity index (χ0v) is 12.7. The van der Waals surface area contributed by atoms with Crippen molar-refractivity contribution in [3.05, 3.63) is 35.4 Å². The van der Waals surface area contributed by atoms with E-state index in [0.29, 0.717) is 0 Å². The van der Waals surface area contributed by atoms with E-state index in [4.69, 9.17) is 4.74 Å². The van der Waals surface area contributed by atoms with Gasteiger partial charge in [-0.05, 0) is 35.3 Å². The van der Waals surface area contributed by atoms with Crippen LogP contribution in [0.3, 0.4) is 0 Å². The number of rotatable bonds is 4. The first kappa shape index (κ1) is 14.6. The molecule has 2 rings (SSSR count). The average molecular weight is 260 g/mol. The van der Waals surface area contributed by atoms with Crippen LogP contribution in [0.25, 0.3) is 0 Å². The Morgan fingerprint density at radius 2 is 1.63 bits per heavy atom. The first-order valence-corrected chi connectivity index (χ1v) is 7.73. The molecule has 0 aliphatic heterocycles. The van der Waals surface area contributed by atoms with Gasteiger partial charge in [0.25, 0.3) is 0 Å². The van der Waals surface area contributed by atoms with Crippen molar-refractivity contribution in [2.75, 3.05) is 6.61 Å². The number of ether oxygens (including phenoxy) is 1. The van der Waals surface area contributed by atoms with Crippen molar-refractivity contribution in [2.45, 2.75) is 64.9 Å². The Morgan fingerprint density at radius 3 is 2.21 bits per heavy atom. The van der Waals surface area contributed by atoms with Gasteiger partial charge in [-0.1, -0.05) is 64.3 Å². The molecule has 1 aliphatic rings. The number of hydrogen-bond donors (Lipinski definition) is 0. The first-order valence-electron chi connectivity index (χ1n) is 7.73. The van der Waals surface area contributed by atoms with Crippen molar-refractivity contribution in [1.82, 2.24) is 0 Å². The lowest BCUT2D eigenvalue weighted by molar-refractivity contribution is 0.0739. The predicted molar refractivity (Wildman–Crippen MR) is 81.4 cm³/mol. The van der Waals surface area contributed by atoms with Gasteiger partial charge in [0.15, 0.2) is 0 Å². The molecule has 0 atom stereocenters. The van der Waals surface area contributed by atoms with Crippen LogP contribution in [0.1, 0.15) is 64.0 Å². The summed E-state index contributed by atoms with van der Waals surface area (Å²) in [5.41, 5.74) is 2.92. The van der Waals surface area contributed by atoms with Gasteiger partial charge in [0, 0.05) is 6.61 Å². The summed E-state index contributed by atoms with van der Waals surface area (Å²) >= 11 is 0. The van der Waals surface area contributed by atoms with Gasteiger partial charge in [-0.15, -0.1) is 0 Å². The number of hydrogen-bond acceptors (Lipinski definition) is 1. The molecule has 1 saturated carbocycles. The highest BCUT2D eigenvalue weighted by atomic mass is 16.5. The summed E-state index contributed by atoms with van der Waals surface area (Å²) in [5.74, 6) is 0.808. The smallest absolute Gasteiger partial charge is 0.0717 e. The highest BCUT2D eigenvalue weighted by Crippen LogP contribution is 2.25. The van der Waals surface area contributed by atoms with E-state index < -0.39 is 0 Å². The van der Waals surface area contributed by atoms with Gasteiger partial charge in [-0.25, -0.2) is 0 Å². The van der Waals surface area contributed by atoms with Crippen LogP contribution < -0.4 is 0 Å². The molecule has 1 nitrogen and oxygen atoms in total. The summed E-state index contributed by atoms with van der Waals surface area (Å²) in [5, 5.41) is 0. The Hall–Kier alpha value is -0.820. The summed E-state index contributed by atoms with van der Waals surface area (Å²) in [6.45, 7) is 8.46. The van der Waals surface area contributed by atoms with Gasteiger partial charge >= 0.3 is 0 Å². The van der Waals surface area contributed by atoms with Gasteiger partial charge in [0.1, 0.15) is 0 Å². The zero-order valence-electron chi connectivity index (χ0n) is 12.7. The molecule has 0 amide bonds. The molecule has 1 heteroatoms. The third kappa shape index (κ3) is 4.65. The Labute approximate surface area is 118 Å². The van der Waals surface area contributed by atoms with Crippen molar-refractivity contribution < 1.29 is 4.74 Å². The van der Waals surface area contributed by atoms with Gasteiger partial charge in [-0.2, -0.15) is 0 Å². The molecule has 106 valence electrons. The van der Waals surface area contributed by atoms with E-state index in [0.717, 1.165) is 19.1 Å². The lowest BCUT2D eigenvalue weighted by Crippen LogP contribution is -2.13. The van der Waals surface area contributed by atoms with E-state index in [9.17, 15) is 0 Å². The molecule has 0 unspecified atom stereocenters. The van der Waals surface area contributed by atoms with E-state index in [-0.39, 0.29) is 5.41 Å². The maximum absolute atomic E-state index is 5.88. The molecule has 1 aromatic carbocycles. The van der Waals surface area contributed by atoms with E-state index in [2.05, 4.69) is 45.0 Å². The summed E-state index contributed by atoms with van der Waals surface area (Å²) in [6.07, 6.45) is 6.94. The molecule has 1 aromatic rings.